The van der Waals surface area contributed by atoms with Crippen LogP contribution in [0.2, 0.25) is 0 Å². The molecule has 1 aliphatic rings. The summed E-state index contributed by atoms with van der Waals surface area (Å²) < 4.78 is 41.5. The quantitative estimate of drug-likeness (QED) is 0.154. The molecule has 1 aliphatic heterocycles. The summed E-state index contributed by atoms with van der Waals surface area (Å²) in [6.45, 7) is 4.58. The van der Waals surface area contributed by atoms with Crippen molar-refractivity contribution in [2.24, 2.45) is 5.73 Å². The smallest absolute Gasteiger partial charge is 0.321 e. The fourth-order valence-corrected chi connectivity index (χ4v) is 5.85. The highest BCUT2D eigenvalue weighted by Crippen LogP contribution is 2.27. The molecule has 0 saturated carbocycles. The number of likely N-dealkylation sites (tertiary alicyclic amines) is 1. The summed E-state index contributed by atoms with van der Waals surface area (Å²) in [5.74, 6) is 0.448. The molecule has 12 heteroatoms. The molecule has 0 aromatic heterocycles. The predicted octanol–water partition coefficient (Wildman–Crippen LogP) is 3.37. The summed E-state index contributed by atoms with van der Waals surface area (Å²) in [7, 11) is -4.15. The molecule has 11 nitrogen and oxygen atoms in total. The van der Waals surface area contributed by atoms with Crippen LogP contribution in [0.15, 0.2) is 60.7 Å². The van der Waals surface area contributed by atoms with Crippen LogP contribution in [0.25, 0.3) is 10.8 Å². The van der Waals surface area contributed by atoms with Crippen molar-refractivity contribution in [2.75, 3.05) is 30.5 Å². The highest BCUT2D eigenvalue weighted by Gasteiger charge is 2.25. The second-order valence-electron chi connectivity index (χ2n) is 9.83. The molecule has 3 aromatic rings. The molecule has 0 aliphatic carbocycles. The number of ether oxygens (including phenoxy) is 2. The zero-order valence-corrected chi connectivity index (χ0v) is 24.0. The summed E-state index contributed by atoms with van der Waals surface area (Å²) >= 11 is 0. The Labute approximate surface area is 240 Å². The fraction of sp³-hybridized carbons (Fsp3) is 0.345. The van der Waals surface area contributed by atoms with Crippen molar-refractivity contribution in [3.05, 3.63) is 71.8 Å². The molecule has 41 heavy (non-hydrogen) atoms. The standard InChI is InChI=1S/C29H36N6O5S/c1-3-39-28(36)18-33-41(37,38)35(19-21-4-5-22-6-7-23(29(31)32)17-24(22)16-21)25-8-10-26(11-9-25)40-27-12-14-34(15-13-27)20(2)30/h4-11,16-17,27,30,33H,3,12-15,18-19H2,1-2H3,(H3,31,32). The van der Waals surface area contributed by atoms with Gasteiger partial charge in [-0.1, -0.05) is 24.3 Å². The first-order valence-electron chi connectivity index (χ1n) is 13.4. The predicted molar refractivity (Wildman–Crippen MR) is 160 cm³/mol. The average Bonchev–Trinajstić information content (AvgIpc) is 2.95. The maximum atomic E-state index is 13.4. The lowest BCUT2D eigenvalue weighted by Gasteiger charge is -2.33. The molecule has 218 valence electrons. The number of hydrogen-bond acceptors (Lipinski definition) is 7. The fourth-order valence-electron chi connectivity index (χ4n) is 4.68. The van der Waals surface area contributed by atoms with Crippen LogP contribution in [0.4, 0.5) is 5.69 Å². The molecule has 0 bridgehead atoms. The van der Waals surface area contributed by atoms with E-state index < -0.39 is 22.7 Å². The Bertz CT molecular complexity index is 1520. The van der Waals surface area contributed by atoms with Crippen LogP contribution in [-0.2, 0) is 26.3 Å². The summed E-state index contributed by atoms with van der Waals surface area (Å²) in [5, 5.41) is 17.3. The second kappa shape index (κ2) is 13.0. The van der Waals surface area contributed by atoms with Gasteiger partial charge in [0.15, 0.2) is 0 Å². The lowest BCUT2D eigenvalue weighted by atomic mass is 10.0. The number of fused-ring (bicyclic) bond motifs is 1. The molecule has 0 amide bonds. The zero-order valence-electron chi connectivity index (χ0n) is 23.2. The lowest BCUT2D eigenvalue weighted by molar-refractivity contribution is -0.141. The van der Waals surface area contributed by atoms with Crippen molar-refractivity contribution in [3.63, 3.8) is 0 Å². The minimum Gasteiger partial charge on any atom is -0.490 e. The van der Waals surface area contributed by atoms with Gasteiger partial charge < -0.3 is 20.1 Å². The zero-order chi connectivity index (χ0) is 29.6. The van der Waals surface area contributed by atoms with Crippen LogP contribution >= 0.6 is 0 Å². The number of nitrogens with one attached hydrogen (secondary N) is 3. The molecule has 1 saturated heterocycles. The molecule has 0 atom stereocenters. The van der Waals surface area contributed by atoms with Gasteiger partial charge in [-0.15, -0.1) is 0 Å². The third-order valence-electron chi connectivity index (χ3n) is 6.88. The first kappa shape index (κ1) is 29.8. The summed E-state index contributed by atoms with van der Waals surface area (Å²) in [6.07, 6.45) is 1.60. The molecule has 0 unspecified atom stereocenters. The van der Waals surface area contributed by atoms with E-state index in [0.29, 0.717) is 28.4 Å². The maximum Gasteiger partial charge on any atom is 0.321 e. The highest BCUT2D eigenvalue weighted by molar-refractivity contribution is 7.90. The monoisotopic (exact) mass is 580 g/mol. The van der Waals surface area contributed by atoms with Gasteiger partial charge in [0.25, 0.3) is 0 Å². The summed E-state index contributed by atoms with van der Waals surface area (Å²) in [6, 6.07) is 17.8. The van der Waals surface area contributed by atoms with E-state index in [-0.39, 0.29) is 25.1 Å². The minimum absolute atomic E-state index is 0.0139. The van der Waals surface area contributed by atoms with Crippen LogP contribution in [0, 0.1) is 10.8 Å². The second-order valence-corrected chi connectivity index (χ2v) is 11.5. The van der Waals surface area contributed by atoms with E-state index in [4.69, 9.17) is 26.0 Å². The van der Waals surface area contributed by atoms with Crippen LogP contribution in [0.1, 0.15) is 37.8 Å². The van der Waals surface area contributed by atoms with Gasteiger partial charge in [0, 0.05) is 31.5 Å². The van der Waals surface area contributed by atoms with Crippen LogP contribution in [0.3, 0.4) is 0 Å². The van der Waals surface area contributed by atoms with Gasteiger partial charge in [0.2, 0.25) is 0 Å². The largest absolute Gasteiger partial charge is 0.490 e. The number of rotatable bonds is 11. The summed E-state index contributed by atoms with van der Waals surface area (Å²) in [4.78, 5) is 13.9. The van der Waals surface area contributed by atoms with Crippen molar-refractivity contribution < 1.29 is 22.7 Å². The van der Waals surface area contributed by atoms with E-state index in [1.165, 1.54) is 4.31 Å². The highest BCUT2D eigenvalue weighted by atomic mass is 32.2. The van der Waals surface area contributed by atoms with E-state index in [1.807, 2.05) is 29.2 Å². The SMILES string of the molecule is CCOC(=O)CNS(=O)(=O)N(Cc1ccc2ccc(C(=N)N)cc2c1)c1ccc(OC2CCN(C(C)=N)CC2)cc1. The van der Waals surface area contributed by atoms with E-state index >= 15 is 0 Å². The average molecular weight is 581 g/mol. The number of carbonyl (C=O) groups excluding carboxylic acids is 1. The normalized spacial score (nSPS) is 14.0. The van der Waals surface area contributed by atoms with Gasteiger partial charge in [-0.2, -0.15) is 13.1 Å². The van der Waals surface area contributed by atoms with E-state index in [2.05, 4.69) is 4.72 Å². The number of benzene rings is 3. The number of piperidine rings is 1. The van der Waals surface area contributed by atoms with E-state index in [0.717, 1.165) is 36.7 Å². The van der Waals surface area contributed by atoms with Crippen molar-refractivity contribution in [3.8, 4) is 5.75 Å². The molecular formula is C29H36N6O5S. The third kappa shape index (κ3) is 7.74. The number of carbonyl (C=O) groups is 1. The lowest BCUT2D eigenvalue weighted by Crippen LogP contribution is -2.43. The van der Waals surface area contributed by atoms with Gasteiger partial charge in [-0.05, 0) is 66.6 Å². The Morgan fingerprint density at radius 3 is 2.37 bits per heavy atom. The van der Waals surface area contributed by atoms with Crippen molar-refractivity contribution in [1.29, 1.82) is 10.8 Å². The first-order valence-corrected chi connectivity index (χ1v) is 14.9. The number of anilines is 1. The van der Waals surface area contributed by atoms with Gasteiger partial charge in [0.05, 0.1) is 24.7 Å². The van der Waals surface area contributed by atoms with Crippen LogP contribution in [-0.4, -0.2) is 63.3 Å². The number of esters is 1. The number of nitrogen functional groups attached to an aromatic ring is 1. The molecule has 3 aromatic carbocycles. The third-order valence-corrected chi connectivity index (χ3v) is 8.31. The Hall–Kier alpha value is -4.16. The number of amidine groups is 2. The molecular weight excluding hydrogens is 544 g/mol. The van der Waals surface area contributed by atoms with Gasteiger partial charge in [-0.25, -0.2) is 0 Å². The van der Waals surface area contributed by atoms with Crippen molar-refractivity contribution in [1.82, 2.24) is 9.62 Å². The number of hydrogen-bond donors (Lipinski definition) is 4. The molecule has 0 radical (unpaired) electrons. The van der Waals surface area contributed by atoms with E-state index in [9.17, 15) is 13.2 Å². The molecule has 4 rings (SSSR count). The Morgan fingerprint density at radius 2 is 1.73 bits per heavy atom. The topological polar surface area (TPSA) is 162 Å². The Morgan fingerprint density at radius 1 is 1.05 bits per heavy atom. The van der Waals surface area contributed by atoms with Gasteiger partial charge in [0.1, 0.15) is 24.2 Å². The van der Waals surface area contributed by atoms with Crippen LogP contribution < -0.4 is 19.5 Å². The molecule has 1 heterocycles. The van der Waals surface area contributed by atoms with Crippen LogP contribution in [0.5, 0.6) is 5.75 Å². The molecule has 0 spiro atoms. The van der Waals surface area contributed by atoms with Crippen molar-refractivity contribution in [2.45, 2.75) is 39.3 Å². The maximum absolute atomic E-state index is 13.4. The van der Waals surface area contributed by atoms with E-state index in [1.54, 1.807) is 50.2 Å². The summed E-state index contributed by atoms with van der Waals surface area (Å²) in [5.41, 5.74) is 7.32. The van der Waals surface area contributed by atoms with Gasteiger partial charge in [-0.3, -0.25) is 19.9 Å². The Kier molecular flexibility index (Phi) is 9.46. The number of nitrogens with zero attached hydrogens (tertiary/aromatic N) is 2. The minimum atomic E-state index is -4.15. The first-order chi connectivity index (χ1) is 19.6. The van der Waals surface area contributed by atoms with Crippen molar-refractivity contribution >= 4 is 44.3 Å². The van der Waals surface area contributed by atoms with Gasteiger partial charge >= 0.3 is 16.2 Å². The number of nitrogens with two attached hydrogens (primary N) is 1. The Balaban J connectivity index is 1.57. The molecule has 5 N–H and O–H groups in total. The molecule has 1 fully saturated rings.